The number of rotatable bonds is 6. The van der Waals surface area contributed by atoms with Gasteiger partial charge in [0.25, 0.3) is 0 Å². The van der Waals surface area contributed by atoms with Crippen molar-refractivity contribution in [2.75, 3.05) is 13.2 Å². The molecule has 1 unspecified atom stereocenters. The van der Waals surface area contributed by atoms with Crippen molar-refractivity contribution in [2.24, 2.45) is 7.05 Å². The topological polar surface area (TPSA) is 39.1 Å². The summed E-state index contributed by atoms with van der Waals surface area (Å²) in [5.74, 6) is 0. The van der Waals surface area contributed by atoms with E-state index in [1.165, 1.54) is 31.2 Å². The molecule has 0 radical (unpaired) electrons. The number of hydrogen-bond acceptors (Lipinski definition) is 3. The molecule has 96 valence electrons. The zero-order valence-electron chi connectivity index (χ0n) is 10.9. The third-order valence-electron chi connectivity index (χ3n) is 3.33. The van der Waals surface area contributed by atoms with Gasteiger partial charge in [0.05, 0.1) is 11.8 Å². The Labute approximate surface area is 103 Å². The smallest absolute Gasteiger partial charge is 0.0638 e. The van der Waals surface area contributed by atoms with Crippen LogP contribution >= 0.6 is 0 Å². The van der Waals surface area contributed by atoms with E-state index < -0.39 is 0 Å². The third-order valence-corrected chi connectivity index (χ3v) is 3.33. The summed E-state index contributed by atoms with van der Waals surface area (Å²) in [6.45, 7) is 5.01. The Bertz CT molecular complexity index is 342. The molecule has 1 aliphatic heterocycles. The summed E-state index contributed by atoms with van der Waals surface area (Å²) < 4.78 is 7.47. The number of nitrogens with one attached hydrogen (secondary N) is 1. The molecule has 0 bridgehead atoms. The van der Waals surface area contributed by atoms with Crippen molar-refractivity contribution in [3.8, 4) is 0 Å². The highest BCUT2D eigenvalue weighted by molar-refractivity contribution is 5.14. The van der Waals surface area contributed by atoms with E-state index in [4.69, 9.17) is 4.74 Å². The number of nitrogens with zero attached hydrogens (tertiary/aromatic N) is 2. The van der Waals surface area contributed by atoms with Gasteiger partial charge in [0.1, 0.15) is 0 Å². The minimum atomic E-state index is 0.525. The Morgan fingerprint density at radius 1 is 1.59 bits per heavy atom. The van der Waals surface area contributed by atoms with Crippen LogP contribution in [0.2, 0.25) is 0 Å². The van der Waals surface area contributed by atoms with Gasteiger partial charge in [-0.05, 0) is 39.2 Å². The van der Waals surface area contributed by atoms with Gasteiger partial charge >= 0.3 is 0 Å². The van der Waals surface area contributed by atoms with Crippen molar-refractivity contribution >= 4 is 0 Å². The average Bonchev–Trinajstić information content (AvgIpc) is 2.89. The van der Waals surface area contributed by atoms with Crippen LogP contribution in [0, 0.1) is 6.92 Å². The van der Waals surface area contributed by atoms with Crippen molar-refractivity contribution in [2.45, 2.75) is 45.3 Å². The van der Waals surface area contributed by atoms with E-state index in [9.17, 15) is 0 Å². The van der Waals surface area contributed by atoms with Gasteiger partial charge in [-0.3, -0.25) is 4.68 Å². The van der Waals surface area contributed by atoms with E-state index in [2.05, 4.69) is 23.5 Å². The molecule has 0 saturated carbocycles. The first-order valence-electron chi connectivity index (χ1n) is 6.57. The Kier molecular flexibility index (Phi) is 4.57. The second kappa shape index (κ2) is 6.17. The maximum absolute atomic E-state index is 5.60. The van der Waals surface area contributed by atoms with Crippen molar-refractivity contribution in [1.29, 1.82) is 0 Å². The molecule has 1 aromatic heterocycles. The molecule has 1 saturated heterocycles. The molecule has 2 heterocycles. The molecule has 0 spiro atoms. The monoisotopic (exact) mass is 237 g/mol. The summed E-state index contributed by atoms with van der Waals surface area (Å²) in [5, 5.41) is 7.80. The van der Waals surface area contributed by atoms with Crippen LogP contribution in [0.3, 0.4) is 0 Å². The summed E-state index contributed by atoms with van der Waals surface area (Å²) in [4.78, 5) is 0. The van der Waals surface area contributed by atoms with Crippen LogP contribution in [0.4, 0.5) is 0 Å². The minimum absolute atomic E-state index is 0.525. The zero-order valence-corrected chi connectivity index (χ0v) is 10.9. The number of aromatic nitrogens is 2. The Hall–Kier alpha value is -0.870. The van der Waals surface area contributed by atoms with Gasteiger partial charge < -0.3 is 10.1 Å². The molecule has 0 aromatic carbocycles. The summed E-state index contributed by atoms with van der Waals surface area (Å²) in [6, 6.07) is 0. The Morgan fingerprint density at radius 2 is 2.47 bits per heavy atom. The van der Waals surface area contributed by atoms with Crippen LogP contribution in [0.1, 0.15) is 36.9 Å². The molecule has 0 amide bonds. The summed E-state index contributed by atoms with van der Waals surface area (Å²) in [7, 11) is 1.97. The van der Waals surface area contributed by atoms with Gasteiger partial charge in [0.2, 0.25) is 0 Å². The van der Waals surface area contributed by atoms with Gasteiger partial charge in [0, 0.05) is 32.0 Å². The van der Waals surface area contributed by atoms with Crippen LogP contribution in [-0.2, 0) is 18.3 Å². The van der Waals surface area contributed by atoms with E-state index in [1.54, 1.807) is 0 Å². The molecule has 1 fully saturated rings. The highest BCUT2D eigenvalue weighted by atomic mass is 16.5. The van der Waals surface area contributed by atoms with Crippen molar-refractivity contribution in [1.82, 2.24) is 15.1 Å². The van der Waals surface area contributed by atoms with E-state index in [0.29, 0.717) is 6.10 Å². The minimum Gasteiger partial charge on any atom is -0.378 e. The van der Waals surface area contributed by atoms with Crippen LogP contribution in [-0.4, -0.2) is 29.0 Å². The lowest BCUT2D eigenvalue weighted by atomic mass is 10.1. The van der Waals surface area contributed by atoms with Crippen molar-refractivity contribution < 1.29 is 4.74 Å². The van der Waals surface area contributed by atoms with Crippen LogP contribution < -0.4 is 5.32 Å². The van der Waals surface area contributed by atoms with Crippen molar-refractivity contribution in [3.05, 3.63) is 17.5 Å². The standard InChI is InChI=1S/C13H23N3O/c1-11-12(10-16(2)15-11)9-14-7-3-5-13-6-4-8-17-13/h10,13-14H,3-9H2,1-2H3. The van der Waals surface area contributed by atoms with Crippen LogP contribution in [0.15, 0.2) is 6.20 Å². The lowest BCUT2D eigenvalue weighted by Crippen LogP contribution is -2.17. The molecule has 1 aromatic rings. The molecule has 4 nitrogen and oxygen atoms in total. The molecule has 2 rings (SSSR count). The summed E-state index contributed by atoms with van der Waals surface area (Å²) in [5.41, 5.74) is 2.42. The second-order valence-corrected chi connectivity index (χ2v) is 4.87. The third kappa shape index (κ3) is 3.82. The molecule has 4 heteroatoms. The molecular weight excluding hydrogens is 214 g/mol. The zero-order chi connectivity index (χ0) is 12.1. The number of hydrogen-bond donors (Lipinski definition) is 1. The van der Waals surface area contributed by atoms with E-state index >= 15 is 0 Å². The van der Waals surface area contributed by atoms with Gasteiger partial charge in [0.15, 0.2) is 0 Å². The first kappa shape index (κ1) is 12.6. The first-order valence-corrected chi connectivity index (χ1v) is 6.57. The highest BCUT2D eigenvalue weighted by Gasteiger charge is 2.14. The largest absolute Gasteiger partial charge is 0.378 e. The number of ether oxygens (including phenoxy) is 1. The predicted octanol–water partition coefficient (Wildman–Crippen LogP) is 1.78. The lowest BCUT2D eigenvalue weighted by Gasteiger charge is -2.09. The fraction of sp³-hybridized carbons (Fsp3) is 0.769. The SMILES string of the molecule is Cc1nn(C)cc1CNCCCC1CCCO1. The average molecular weight is 237 g/mol. The fourth-order valence-electron chi connectivity index (χ4n) is 2.37. The van der Waals surface area contributed by atoms with Gasteiger partial charge in [-0.15, -0.1) is 0 Å². The molecule has 17 heavy (non-hydrogen) atoms. The highest BCUT2D eigenvalue weighted by Crippen LogP contribution is 2.16. The maximum atomic E-state index is 5.60. The van der Waals surface area contributed by atoms with Crippen LogP contribution in [0.5, 0.6) is 0 Å². The molecular formula is C13H23N3O. The van der Waals surface area contributed by atoms with Gasteiger partial charge in [-0.25, -0.2) is 0 Å². The van der Waals surface area contributed by atoms with E-state index in [1.807, 2.05) is 11.7 Å². The fourth-order valence-corrected chi connectivity index (χ4v) is 2.37. The van der Waals surface area contributed by atoms with Gasteiger partial charge in [-0.1, -0.05) is 0 Å². The molecule has 0 aliphatic carbocycles. The second-order valence-electron chi connectivity index (χ2n) is 4.87. The Morgan fingerprint density at radius 3 is 3.12 bits per heavy atom. The van der Waals surface area contributed by atoms with Crippen LogP contribution in [0.25, 0.3) is 0 Å². The molecule has 1 N–H and O–H groups in total. The van der Waals surface area contributed by atoms with E-state index in [-0.39, 0.29) is 0 Å². The normalized spacial score (nSPS) is 20.0. The number of aryl methyl sites for hydroxylation is 2. The Balaban J connectivity index is 1.58. The molecule has 1 atom stereocenters. The van der Waals surface area contributed by atoms with E-state index in [0.717, 1.165) is 25.4 Å². The summed E-state index contributed by atoms with van der Waals surface area (Å²) in [6.07, 6.45) is 7.50. The van der Waals surface area contributed by atoms with Gasteiger partial charge in [-0.2, -0.15) is 5.10 Å². The first-order chi connectivity index (χ1) is 8.25. The van der Waals surface area contributed by atoms with Crippen molar-refractivity contribution in [3.63, 3.8) is 0 Å². The quantitative estimate of drug-likeness (QED) is 0.767. The molecule has 1 aliphatic rings. The summed E-state index contributed by atoms with van der Waals surface area (Å²) >= 11 is 0. The lowest BCUT2D eigenvalue weighted by molar-refractivity contribution is 0.102. The predicted molar refractivity (Wildman–Crippen MR) is 67.9 cm³/mol. The maximum Gasteiger partial charge on any atom is 0.0638 e.